The maximum absolute atomic E-state index is 12.7. The Balaban J connectivity index is 1.64. The monoisotopic (exact) mass is 348 g/mol. The van der Waals surface area contributed by atoms with E-state index in [1.165, 1.54) is 29.1 Å². The van der Waals surface area contributed by atoms with Crippen LogP contribution in [0.5, 0.6) is 0 Å². The van der Waals surface area contributed by atoms with Gasteiger partial charge in [-0.1, -0.05) is 30.6 Å². The Bertz CT molecular complexity index is 816. The molecule has 4 rings (SSSR count). The molecule has 9 heteroatoms. The van der Waals surface area contributed by atoms with E-state index in [9.17, 15) is 4.79 Å². The van der Waals surface area contributed by atoms with Gasteiger partial charge in [0.15, 0.2) is 4.96 Å². The summed E-state index contributed by atoms with van der Waals surface area (Å²) in [5.41, 5.74) is 5.70. The summed E-state index contributed by atoms with van der Waals surface area (Å²) in [5.74, 6) is -0.170. The Morgan fingerprint density at radius 2 is 2.13 bits per heavy atom. The van der Waals surface area contributed by atoms with Crippen molar-refractivity contribution in [2.24, 2.45) is 0 Å². The first-order valence-corrected chi connectivity index (χ1v) is 9.20. The predicted molar refractivity (Wildman–Crippen MR) is 89.6 cm³/mol. The van der Waals surface area contributed by atoms with E-state index in [4.69, 9.17) is 5.73 Å². The summed E-state index contributed by atoms with van der Waals surface area (Å²) in [7, 11) is 0. The van der Waals surface area contributed by atoms with Crippen LogP contribution in [-0.4, -0.2) is 25.5 Å². The van der Waals surface area contributed by atoms with Gasteiger partial charge in [0.25, 0.3) is 5.91 Å². The van der Waals surface area contributed by atoms with Crippen molar-refractivity contribution in [3.05, 3.63) is 28.5 Å². The molecule has 3 aromatic rings. The molecule has 1 aliphatic rings. The molecule has 3 N–H and O–H groups in total. The van der Waals surface area contributed by atoms with Crippen molar-refractivity contribution in [3.63, 3.8) is 0 Å². The van der Waals surface area contributed by atoms with Crippen LogP contribution in [-0.2, 0) is 5.54 Å². The molecule has 0 spiro atoms. The van der Waals surface area contributed by atoms with Crippen LogP contribution in [0.3, 0.4) is 0 Å². The number of hydrogen-bond donors (Lipinski definition) is 2. The molecule has 0 saturated heterocycles. The van der Waals surface area contributed by atoms with E-state index in [2.05, 4.69) is 20.5 Å². The fourth-order valence-electron chi connectivity index (χ4n) is 3.09. The highest BCUT2D eigenvalue weighted by molar-refractivity contribution is 7.15. The number of fused-ring (bicyclic) bond motifs is 1. The highest BCUT2D eigenvalue weighted by Crippen LogP contribution is 2.39. The summed E-state index contributed by atoms with van der Waals surface area (Å²) in [5, 5.41) is 14.5. The molecule has 1 aliphatic carbocycles. The third kappa shape index (κ3) is 2.59. The number of carbonyl (C=O) groups is 1. The van der Waals surface area contributed by atoms with Crippen LogP contribution in [0.25, 0.3) is 4.96 Å². The number of nitrogen functional groups attached to an aromatic ring is 1. The lowest BCUT2D eigenvalue weighted by Gasteiger charge is -2.35. The molecular weight excluding hydrogens is 332 g/mol. The Morgan fingerprint density at radius 3 is 2.83 bits per heavy atom. The second kappa shape index (κ2) is 5.57. The molecule has 0 aliphatic heterocycles. The average molecular weight is 348 g/mol. The fraction of sp³-hybridized carbons (Fsp3) is 0.429. The van der Waals surface area contributed by atoms with Gasteiger partial charge >= 0.3 is 0 Å². The summed E-state index contributed by atoms with van der Waals surface area (Å²) in [4.78, 5) is 17.9. The molecule has 0 aromatic carbocycles. The van der Waals surface area contributed by atoms with Gasteiger partial charge in [0.2, 0.25) is 5.13 Å². The molecule has 7 nitrogen and oxygen atoms in total. The van der Waals surface area contributed by atoms with Gasteiger partial charge in [-0.05, 0) is 12.8 Å². The van der Waals surface area contributed by atoms with Crippen molar-refractivity contribution in [2.45, 2.75) is 37.6 Å². The van der Waals surface area contributed by atoms with Crippen molar-refractivity contribution in [2.75, 3.05) is 5.73 Å². The molecule has 1 amide bonds. The van der Waals surface area contributed by atoms with E-state index < -0.39 is 5.54 Å². The average Bonchev–Trinajstić information content (AvgIpc) is 3.23. The van der Waals surface area contributed by atoms with Crippen LogP contribution < -0.4 is 11.1 Å². The minimum Gasteiger partial charge on any atom is -0.374 e. The number of imidazole rings is 1. The molecule has 23 heavy (non-hydrogen) atoms. The van der Waals surface area contributed by atoms with E-state index in [1.807, 2.05) is 16.0 Å². The fourth-order valence-corrected chi connectivity index (χ4v) is 4.61. The Morgan fingerprint density at radius 1 is 1.30 bits per heavy atom. The molecule has 0 unspecified atom stereocenters. The third-order valence-corrected chi connectivity index (χ3v) is 5.96. The molecule has 0 radical (unpaired) electrons. The molecule has 120 valence electrons. The molecular formula is C14H16N6OS2. The highest BCUT2D eigenvalue weighted by Gasteiger charge is 2.39. The van der Waals surface area contributed by atoms with Crippen molar-refractivity contribution >= 4 is 38.7 Å². The van der Waals surface area contributed by atoms with E-state index >= 15 is 0 Å². The first-order valence-electron chi connectivity index (χ1n) is 7.50. The molecule has 1 fully saturated rings. The molecule has 1 saturated carbocycles. The van der Waals surface area contributed by atoms with Gasteiger partial charge in [-0.25, -0.2) is 4.98 Å². The van der Waals surface area contributed by atoms with Gasteiger partial charge in [0.05, 0.1) is 5.54 Å². The number of amides is 1. The second-order valence-corrected chi connectivity index (χ2v) is 7.64. The largest absolute Gasteiger partial charge is 0.374 e. The topological polar surface area (TPSA) is 98.2 Å². The number of rotatable bonds is 3. The third-order valence-electron chi connectivity index (χ3n) is 4.24. The smallest absolute Gasteiger partial charge is 0.272 e. The van der Waals surface area contributed by atoms with E-state index in [-0.39, 0.29) is 5.91 Å². The van der Waals surface area contributed by atoms with Crippen molar-refractivity contribution in [3.8, 4) is 0 Å². The lowest BCUT2D eigenvalue weighted by molar-refractivity contribution is 0.0861. The number of nitrogens with zero attached hydrogens (tertiary/aromatic N) is 4. The van der Waals surface area contributed by atoms with Gasteiger partial charge in [-0.3, -0.25) is 9.20 Å². The van der Waals surface area contributed by atoms with E-state index in [1.54, 1.807) is 6.20 Å². The number of nitrogens with one attached hydrogen (secondary N) is 1. The zero-order chi connectivity index (χ0) is 15.9. The van der Waals surface area contributed by atoms with Gasteiger partial charge in [0, 0.05) is 17.8 Å². The first-order chi connectivity index (χ1) is 11.2. The van der Waals surface area contributed by atoms with Crippen molar-refractivity contribution in [1.82, 2.24) is 24.9 Å². The van der Waals surface area contributed by atoms with Gasteiger partial charge in [-0.2, -0.15) is 0 Å². The Hall–Kier alpha value is -2.00. The summed E-state index contributed by atoms with van der Waals surface area (Å²) in [6, 6.07) is 0. The maximum atomic E-state index is 12.7. The van der Waals surface area contributed by atoms with Crippen LogP contribution in [0.2, 0.25) is 0 Å². The zero-order valence-corrected chi connectivity index (χ0v) is 14.0. The molecule has 3 heterocycles. The Labute approximate surface area is 140 Å². The first kappa shape index (κ1) is 14.6. The van der Waals surface area contributed by atoms with Gasteiger partial charge in [0.1, 0.15) is 10.7 Å². The van der Waals surface area contributed by atoms with E-state index in [0.717, 1.165) is 35.7 Å². The summed E-state index contributed by atoms with van der Waals surface area (Å²) >= 11 is 2.86. The summed E-state index contributed by atoms with van der Waals surface area (Å²) in [6.45, 7) is 0. The van der Waals surface area contributed by atoms with E-state index in [0.29, 0.717) is 10.8 Å². The normalized spacial score (nSPS) is 17.4. The minimum atomic E-state index is -0.471. The maximum Gasteiger partial charge on any atom is 0.272 e. The van der Waals surface area contributed by atoms with Crippen LogP contribution in [0, 0.1) is 0 Å². The second-order valence-electron chi connectivity index (χ2n) is 5.76. The predicted octanol–water partition coefficient (Wildman–Crippen LogP) is 2.42. The number of thiazole rings is 1. The van der Waals surface area contributed by atoms with Gasteiger partial charge < -0.3 is 11.1 Å². The van der Waals surface area contributed by atoms with Gasteiger partial charge in [-0.15, -0.1) is 21.5 Å². The minimum absolute atomic E-state index is 0.170. The number of hydrogen-bond acceptors (Lipinski definition) is 7. The van der Waals surface area contributed by atoms with Crippen LogP contribution >= 0.6 is 22.7 Å². The lowest BCUT2D eigenvalue weighted by atomic mass is 9.82. The number of aromatic nitrogens is 4. The molecule has 0 bridgehead atoms. The molecule has 0 atom stereocenters. The number of carbonyl (C=O) groups excluding carboxylic acids is 1. The van der Waals surface area contributed by atoms with Crippen LogP contribution in [0.4, 0.5) is 5.13 Å². The SMILES string of the molecule is Nc1nnc(C2(NC(=O)c3cn4ccsc4n3)CCCCC2)s1. The highest BCUT2D eigenvalue weighted by atomic mass is 32.1. The number of anilines is 1. The van der Waals surface area contributed by atoms with Crippen molar-refractivity contribution < 1.29 is 4.79 Å². The summed E-state index contributed by atoms with van der Waals surface area (Å²) in [6.07, 6.45) is 8.64. The van der Waals surface area contributed by atoms with Crippen molar-refractivity contribution in [1.29, 1.82) is 0 Å². The lowest BCUT2D eigenvalue weighted by Crippen LogP contribution is -2.47. The quantitative estimate of drug-likeness (QED) is 0.757. The molecule has 3 aromatic heterocycles. The standard InChI is InChI=1S/C14H16N6OS2/c15-12-19-18-11(23-12)14(4-2-1-3-5-14)17-10(21)9-8-20-6-7-22-13(20)16-9/h6-8H,1-5H2,(H2,15,19)(H,17,21). The van der Waals surface area contributed by atoms with Crippen LogP contribution in [0.1, 0.15) is 47.6 Å². The number of nitrogens with two attached hydrogens (primary N) is 1. The summed E-state index contributed by atoms with van der Waals surface area (Å²) < 4.78 is 1.86. The van der Waals surface area contributed by atoms with Crippen LogP contribution in [0.15, 0.2) is 17.8 Å². The Kier molecular flexibility index (Phi) is 3.53. The zero-order valence-electron chi connectivity index (χ0n) is 12.4.